The summed E-state index contributed by atoms with van der Waals surface area (Å²) < 4.78 is 0. The number of amides is 5. The summed E-state index contributed by atoms with van der Waals surface area (Å²) in [6, 6.07) is 3.58. The van der Waals surface area contributed by atoms with E-state index in [1.165, 1.54) is 0 Å². The van der Waals surface area contributed by atoms with E-state index in [1.807, 2.05) is 0 Å². The molecule has 10 N–H and O–H groups in total. The first-order chi connectivity index (χ1) is 17.3. The third-order valence-electron chi connectivity index (χ3n) is 5.31. The van der Waals surface area contributed by atoms with Crippen molar-refractivity contribution in [1.29, 1.82) is 0 Å². The second-order valence-corrected chi connectivity index (χ2v) is 9.12. The van der Waals surface area contributed by atoms with Crippen LogP contribution < -0.4 is 33.2 Å². The van der Waals surface area contributed by atoms with Crippen LogP contribution in [0, 0.1) is 5.92 Å². The van der Waals surface area contributed by atoms with Crippen molar-refractivity contribution in [3.8, 4) is 0 Å². The molecule has 0 heterocycles. The highest BCUT2D eigenvalue weighted by molar-refractivity contribution is 5.96. The molecule has 0 aliphatic carbocycles. The molecule has 0 bridgehead atoms. The molecule has 1 rings (SSSR count). The Morgan fingerprint density at radius 3 is 1.86 bits per heavy atom. The Morgan fingerprint density at radius 2 is 1.35 bits per heavy atom. The Morgan fingerprint density at radius 1 is 0.811 bits per heavy atom. The summed E-state index contributed by atoms with van der Waals surface area (Å²) in [6.07, 6.45) is -0.678. The fourth-order valence-corrected chi connectivity index (χ4v) is 3.41. The summed E-state index contributed by atoms with van der Waals surface area (Å²) in [6.45, 7) is 3.60. The second kappa shape index (κ2) is 15.2. The minimum atomic E-state index is -1.47. The third-order valence-corrected chi connectivity index (χ3v) is 5.31. The smallest absolute Gasteiger partial charge is 0.326 e. The highest BCUT2D eigenvalue weighted by atomic mass is 16.4. The molecule has 0 fully saturated rings. The van der Waals surface area contributed by atoms with Crippen LogP contribution in [0.1, 0.15) is 45.1 Å². The number of nitrogens with two attached hydrogens (primary N) is 3. The number of benzene rings is 1. The average Bonchev–Trinajstić information content (AvgIpc) is 2.80. The number of aliphatic carboxylic acids is 1. The van der Waals surface area contributed by atoms with Gasteiger partial charge in [0.05, 0.1) is 12.5 Å². The predicted molar refractivity (Wildman–Crippen MR) is 133 cm³/mol. The molecule has 37 heavy (non-hydrogen) atoms. The maximum absolute atomic E-state index is 13.1. The Labute approximate surface area is 214 Å². The quantitative estimate of drug-likeness (QED) is 0.132. The zero-order valence-electron chi connectivity index (χ0n) is 20.9. The van der Waals surface area contributed by atoms with Gasteiger partial charge in [-0.1, -0.05) is 44.2 Å². The first kappa shape index (κ1) is 31.0. The van der Waals surface area contributed by atoms with Crippen LogP contribution >= 0.6 is 0 Å². The molecule has 204 valence electrons. The number of hydrogen-bond donors (Lipinski definition) is 7. The zero-order valence-corrected chi connectivity index (χ0v) is 20.9. The molecule has 4 unspecified atom stereocenters. The van der Waals surface area contributed by atoms with Gasteiger partial charge in [0.2, 0.25) is 29.5 Å². The summed E-state index contributed by atoms with van der Waals surface area (Å²) in [5, 5.41) is 16.7. The largest absolute Gasteiger partial charge is 0.480 e. The van der Waals surface area contributed by atoms with Gasteiger partial charge in [0.1, 0.15) is 18.1 Å². The molecular formula is C24H36N6O7. The fourth-order valence-electron chi connectivity index (χ4n) is 3.41. The molecule has 4 atom stereocenters. The number of rotatable bonds is 16. The van der Waals surface area contributed by atoms with Crippen LogP contribution in [-0.4, -0.2) is 64.8 Å². The summed E-state index contributed by atoms with van der Waals surface area (Å²) in [7, 11) is 0. The lowest BCUT2D eigenvalue weighted by molar-refractivity contribution is -0.143. The number of hydrogen-bond acceptors (Lipinski definition) is 7. The highest BCUT2D eigenvalue weighted by Gasteiger charge is 2.31. The normalized spacial score (nSPS) is 14.1. The molecule has 0 saturated heterocycles. The van der Waals surface area contributed by atoms with E-state index in [9.17, 15) is 33.9 Å². The Kier molecular flexibility index (Phi) is 12.7. The number of carbonyl (C=O) groups is 6. The minimum Gasteiger partial charge on any atom is -0.480 e. The molecule has 1 aromatic carbocycles. The lowest BCUT2D eigenvalue weighted by Gasteiger charge is -2.25. The van der Waals surface area contributed by atoms with Gasteiger partial charge < -0.3 is 38.3 Å². The van der Waals surface area contributed by atoms with Gasteiger partial charge in [-0.15, -0.1) is 0 Å². The van der Waals surface area contributed by atoms with Crippen molar-refractivity contribution in [2.45, 2.75) is 70.1 Å². The van der Waals surface area contributed by atoms with E-state index in [4.69, 9.17) is 17.2 Å². The van der Waals surface area contributed by atoms with E-state index >= 15 is 0 Å². The topological polar surface area (TPSA) is 237 Å². The van der Waals surface area contributed by atoms with Crippen LogP contribution in [0.15, 0.2) is 30.3 Å². The number of carbonyl (C=O) groups excluding carboxylic acids is 5. The maximum atomic E-state index is 13.1. The molecule has 0 radical (unpaired) electrons. The second-order valence-electron chi connectivity index (χ2n) is 9.12. The van der Waals surface area contributed by atoms with Crippen LogP contribution in [-0.2, 0) is 35.2 Å². The van der Waals surface area contributed by atoms with Gasteiger partial charge in [-0.2, -0.15) is 0 Å². The van der Waals surface area contributed by atoms with E-state index in [0.29, 0.717) is 5.56 Å². The Balaban J connectivity index is 3.11. The molecule has 5 amide bonds. The van der Waals surface area contributed by atoms with E-state index < -0.39 is 66.1 Å². The molecule has 0 aliphatic heterocycles. The van der Waals surface area contributed by atoms with Crippen LogP contribution in [0.2, 0.25) is 0 Å². The summed E-state index contributed by atoms with van der Waals surface area (Å²) >= 11 is 0. The van der Waals surface area contributed by atoms with Crippen molar-refractivity contribution in [1.82, 2.24) is 16.0 Å². The standard InChI is InChI=1S/C24H36N6O7/c1-13(2)10-18(24(36)37)30-22(34)16(11-14-6-4-3-5-7-14)29-23(35)17(12-20(27)32)28-21(33)15(25)8-9-19(26)31/h3-7,13,15-18H,8-12,25H2,1-2H3,(H2,26,31)(H2,27,32)(H,28,33)(H,29,35)(H,30,34)(H,36,37). The van der Waals surface area contributed by atoms with Gasteiger partial charge in [-0.05, 0) is 24.3 Å². The first-order valence-electron chi connectivity index (χ1n) is 11.8. The summed E-state index contributed by atoms with van der Waals surface area (Å²) in [5.74, 6) is -5.31. The number of nitrogens with one attached hydrogen (secondary N) is 3. The van der Waals surface area contributed by atoms with E-state index in [2.05, 4.69) is 16.0 Å². The number of primary amides is 2. The lowest BCUT2D eigenvalue weighted by atomic mass is 10.0. The third kappa shape index (κ3) is 12.0. The number of carboxylic acid groups (broad SMARTS) is 1. The molecule has 13 heteroatoms. The van der Waals surface area contributed by atoms with Crippen molar-refractivity contribution in [3.05, 3.63) is 35.9 Å². The van der Waals surface area contributed by atoms with Crippen molar-refractivity contribution in [3.63, 3.8) is 0 Å². The van der Waals surface area contributed by atoms with Crippen LogP contribution in [0.25, 0.3) is 0 Å². The molecule has 0 saturated carbocycles. The van der Waals surface area contributed by atoms with Crippen molar-refractivity contribution in [2.24, 2.45) is 23.1 Å². The van der Waals surface area contributed by atoms with Gasteiger partial charge in [0.15, 0.2) is 0 Å². The van der Waals surface area contributed by atoms with Crippen molar-refractivity contribution in [2.75, 3.05) is 0 Å². The van der Waals surface area contributed by atoms with E-state index in [0.717, 1.165) is 0 Å². The predicted octanol–water partition coefficient (Wildman–Crippen LogP) is -1.72. The summed E-state index contributed by atoms with van der Waals surface area (Å²) in [4.78, 5) is 72.7. The maximum Gasteiger partial charge on any atom is 0.326 e. The van der Waals surface area contributed by atoms with Crippen LogP contribution in [0.5, 0.6) is 0 Å². The van der Waals surface area contributed by atoms with Gasteiger partial charge in [-0.25, -0.2) is 4.79 Å². The molecule has 0 aromatic heterocycles. The fraction of sp³-hybridized carbons (Fsp3) is 0.500. The van der Waals surface area contributed by atoms with E-state index in [-0.39, 0.29) is 31.6 Å². The van der Waals surface area contributed by atoms with Gasteiger partial charge in [0, 0.05) is 12.8 Å². The monoisotopic (exact) mass is 520 g/mol. The van der Waals surface area contributed by atoms with Gasteiger partial charge >= 0.3 is 5.97 Å². The lowest BCUT2D eigenvalue weighted by Crippen LogP contribution is -2.58. The molecule has 0 spiro atoms. The number of carboxylic acids is 1. The molecule has 13 nitrogen and oxygen atoms in total. The Bertz CT molecular complexity index is 970. The van der Waals surface area contributed by atoms with Crippen molar-refractivity contribution >= 4 is 35.5 Å². The first-order valence-corrected chi connectivity index (χ1v) is 11.8. The summed E-state index contributed by atoms with van der Waals surface area (Å²) in [5.41, 5.74) is 16.7. The molecule has 1 aromatic rings. The Hall–Kier alpha value is -4.00. The van der Waals surface area contributed by atoms with Crippen LogP contribution in [0.4, 0.5) is 0 Å². The van der Waals surface area contributed by atoms with Gasteiger partial charge in [-0.3, -0.25) is 24.0 Å². The van der Waals surface area contributed by atoms with Crippen LogP contribution in [0.3, 0.4) is 0 Å². The average molecular weight is 521 g/mol. The zero-order chi connectivity index (χ0) is 28.1. The minimum absolute atomic E-state index is 0.00178. The van der Waals surface area contributed by atoms with Crippen molar-refractivity contribution < 1.29 is 33.9 Å². The molecule has 0 aliphatic rings. The SMILES string of the molecule is CC(C)CC(NC(=O)C(Cc1ccccc1)NC(=O)C(CC(N)=O)NC(=O)C(N)CCC(N)=O)C(=O)O. The van der Waals surface area contributed by atoms with E-state index in [1.54, 1.807) is 44.2 Å². The van der Waals surface area contributed by atoms with Gasteiger partial charge in [0.25, 0.3) is 0 Å². The highest BCUT2D eigenvalue weighted by Crippen LogP contribution is 2.09. The molecular weight excluding hydrogens is 484 g/mol.